The fourth-order valence-corrected chi connectivity index (χ4v) is 2.32. The topological polar surface area (TPSA) is 44.8 Å². The Bertz CT molecular complexity index is 442. The maximum Gasteiger partial charge on any atom is 0.305 e. The van der Waals surface area contributed by atoms with Crippen LogP contribution in [0.25, 0.3) is 0 Å². The molecule has 21 heavy (non-hydrogen) atoms. The van der Waals surface area contributed by atoms with Crippen molar-refractivity contribution >= 4 is 23.0 Å². The highest BCUT2D eigenvalue weighted by molar-refractivity contribution is 7.75. The SMILES string of the molecule is C[C@@H](COc1ccc(C(C)(C)C)cc1)O[S@@](=O)OCCCl. The van der Waals surface area contributed by atoms with Gasteiger partial charge in [0.1, 0.15) is 18.5 Å². The number of alkyl halides is 1. The standard InChI is InChI=1S/C15H23ClO4S/c1-12(20-21(17)19-10-9-16)11-18-14-7-5-13(6-8-14)15(2,3)4/h5-8,12H,9-11H2,1-4H3/t12-,21-/m0/s1. The number of benzene rings is 1. The largest absolute Gasteiger partial charge is 0.491 e. The first kappa shape index (κ1) is 18.4. The highest BCUT2D eigenvalue weighted by Crippen LogP contribution is 2.24. The molecule has 0 spiro atoms. The second-order valence-corrected chi connectivity index (χ2v) is 6.92. The van der Waals surface area contributed by atoms with Gasteiger partial charge in [0, 0.05) is 5.88 Å². The van der Waals surface area contributed by atoms with Crippen LogP contribution in [0.4, 0.5) is 0 Å². The van der Waals surface area contributed by atoms with Crippen LogP contribution >= 0.6 is 11.6 Å². The molecule has 0 amide bonds. The highest BCUT2D eigenvalue weighted by Gasteiger charge is 2.14. The summed E-state index contributed by atoms with van der Waals surface area (Å²) in [5.74, 6) is 1.03. The average molecular weight is 335 g/mol. The molecule has 0 N–H and O–H groups in total. The van der Waals surface area contributed by atoms with Gasteiger partial charge in [0.2, 0.25) is 0 Å². The second-order valence-electron chi connectivity index (χ2n) is 5.71. The van der Waals surface area contributed by atoms with Crippen LogP contribution < -0.4 is 4.74 Å². The van der Waals surface area contributed by atoms with Crippen molar-refractivity contribution in [2.24, 2.45) is 0 Å². The summed E-state index contributed by atoms with van der Waals surface area (Å²) < 4.78 is 26.9. The molecule has 2 atom stereocenters. The Morgan fingerprint density at radius 2 is 1.86 bits per heavy atom. The van der Waals surface area contributed by atoms with Gasteiger partial charge in [0.05, 0.1) is 6.61 Å². The predicted molar refractivity (Wildman–Crippen MR) is 86.0 cm³/mol. The summed E-state index contributed by atoms with van der Waals surface area (Å²) in [6, 6.07) is 7.94. The van der Waals surface area contributed by atoms with Gasteiger partial charge in [0.25, 0.3) is 0 Å². The molecule has 0 saturated heterocycles. The van der Waals surface area contributed by atoms with Gasteiger partial charge in [-0.05, 0) is 30.0 Å². The lowest BCUT2D eigenvalue weighted by atomic mass is 9.87. The van der Waals surface area contributed by atoms with Gasteiger partial charge in [-0.25, -0.2) is 0 Å². The fourth-order valence-electron chi connectivity index (χ4n) is 1.55. The number of hydrogen-bond acceptors (Lipinski definition) is 4. The van der Waals surface area contributed by atoms with Crippen molar-refractivity contribution < 1.29 is 17.3 Å². The minimum atomic E-state index is -1.79. The first-order valence-corrected chi connectivity index (χ1v) is 8.38. The summed E-state index contributed by atoms with van der Waals surface area (Å²) >= 11 is 3.64. The van der Waals surface area contributed by atoms with E-state index in [2.05, 4.69) is 20.8 Å². The normalized spacial score (nSPS) is 14.7. The number of hydrogen-bond donors (Lipinski definition) is 0. The number of halogens is 1. The molecule has 4 nitrogen and oxygen atoms in total. The molecule has 0 aliphatic heterocycles. The monoisotopic (exact) mass is 334 g/mol. The van der Waals surface area contributed by atoms with Crippen molar-refractivity contribution in [2.45, 2.75) is 39.2 Å². The van der Waals surface area contributed by atoms with Gasteiger partial charge in [-0.2, -0.15) is 4.21 Å². The maximum atomic E-state index is 11.3. The molecule has 0 heterocycles. The van der Waals surface area contributed by atoms with Crippen molar-refractivity contribution in [3.05, 3.63) is 29.8 Å². The lowest BCUT2D eigenvalue weighted by molar-refractivity contribution is 0.137. The molecule has 0 radical (unpaired) electrons. The van der Waals surface area contributed by atoms with E-state index in [-0.39, 0.29) is 24.0 Å². The van der Waals surface area contributed by atoms with Crippen LogP contribution in [0.1, 0.15) is 33.3 Å². The molecule has 0 aromatic heterocycles. The minimum Gasteiger partial charge on any atom is -0.491 e. The first-order valence-electron chi connectivity index (χ1n) is 6.84. The van der Waals surface area contributed by atoms with Gasteiger partial charge < -0.3 is 4.74 Å². The molecule has 1 aromatic carbocycles. The van der Waals surface area contributed by atoms with E-state index in [1.807, 2.05) is 24.3 Å². The van der Waals surface area contributed by atoms with E-state index in [1.54, 1.807) is 6.92 Å². The van der Waals surface area contributed by atoms with Gasteiger partial charge in [-0.15, -0.1) is 11.6 Å². The molecular formula is C15H23ClO4S. The average Bonchev–Trinajstić information content (AvgIpc) is 2.42. The van der Waals surface area contributed by atoms with Crippen LogP contribution in [0.3, 0.4) is 0 Å². The Morgan fingerprint density at radius 1 is 1.24 bits per heavy atom. The molecule has 1 rings (SSSR count). The predicted octanol–water partition coefficient (Wildman–Crippen LogP) is 3.60. The molecule has 120 valence electrons. The van der Waals surface area contributed by atoms with Crippen LogP contribution in [-0.2, 0) is 25.1 Å². The Morgan fingerprint density at radius 3 is 2.38 bits per heavy atom. The van der Waals surface area contributed by atoms with Crippen LogP contribution in [-0.4, -0.2) is 29.4 Å². The summed E-state index contributed by atoms with van der Waals surface area (Å²) in [6.07, 6.45) is -0.344. The van der Waals surface area contributed by atoms with Crippen LogP contribution in [0.2, 0.25) is 0 Å². The Hall–Kier alpha value is -0.620. The van der Waals surface area contributed by atoms with Gasteiger partial charge >= 0.3 is 11.4 Å². The summed E-state index contributed by atoms with van der Waals surface area (Å²) in [4.78, 5) is 0. The van der Waals surface area contributed by atoms with E-state index >= 15 is 0 Å². The van der Waals surface area contributed by atoms with Crippen molar-refractivity contribution in [3.63, 3.8) is 0 Å². The van der Waals surface area contributed by atoms with Crippen molar-refractivity contribution in [1.82, 2.24) is 0 Å². The zero-order valence-corrected chi connectivity index (χ0v) is 14.5. The lowest BCUT2D eigenvalue weighted by Crippen LogP contribution is -2.20. The third-order valence-corrected chi connectivity index (χ3v) is 3.70. The van der Waals surface area contributed by atoms with Crippen molar-refractivity contribution in [2.75, 3.05) is 19.1 Å². The molecule has 0 unspecified atom stereocenters. The minimum absolute atomic E-state index is 0.117. The van der Waals surface area contributed by atoms with Crippen LogP contribution in [0.5, 0.6) is 5.75 Å². The van der Waals surface area contributed by atoms with E-state index in [0.717, 1.165) is 5.75 Å². The van der Waals surface area contributed by atoms with Crippen LogP contribution in [0, 0.1) is 0 Å². The molecule has 6 heteroatoms. The van der Waals surface area contributed by atoms with Gasteiger partial charge in [-0.1, -0.05) is 32.9 Å². The molecule has 1 aromatic rings. The van der Waals surface area contributed by atoms with E-state index in [4.69, 9.17) is 24.7 Å². The second kappa shape index (κ2) is 8.73. The molecule has 0 saturated carbocycles. The highest BCUT2D eigenvalue weighted by atomic mass is 35.5. The van der Waals surface area contributed by atoms with E-state index < -0.39 is 11.4 Å². The maximum absolute atomic E-state index is 11.3. The molecule has 0 aliphatic carbocycles. The van der Waals surface area contributed by atoms with E-state index in [1.165, 1.54) is 5.56 Å². The zero-order chi connectivity index (χ0) is 15.9. The van der Waals surface area contributed by atoms with Crippen molar-refractivity contribution in [1.29, 1.82) is 0 Å². The van der Waals surface area contributed by atoms with Gasteiger partial charge in [0.15, 0.2) is 0 Å². The van der Waals surface area contributed by atoms with E-state index in [9.17, 15) is 4.21 Å². The molecular weight excluding hydrogens is 312 g/mol. The number of ether oxygens (including phenoxy) is 1. The fraction of sp³-hybridized carbons (Fsp3) is 0.600. The van der Waals surface area contributed by atoms with E-state index in [0.29, 0.717) is 6.61 Å². The third-order valence-electron chi connectivity index (χ3n) is 2.70. The molecule has 0 aliphatic rings. The first-order chi connectivity index (χ1) is 9.82. The van der Waals surface area contributed by atoms with Crippen molar-refractivity contribution in [3.8, 4) is 5.75 Å². The Kier molecular flexibility index (Phi) is 7.66. The molecule has 0 bridgehead atoms. The molecule has 0 fully saturated rings. The number of rotatable bonds is 8. The quantitative estimate of drug-likeness (QED) is 0.681. The summed E-state index contributed by atoms with van der Waals surface area (Å²) in [6.45, 7) is 8.74. The third kappa shape index (κ3) is 7.27. The van der Waals surface area contributed by atoms with Crippen LogP contribution in [0.15, 0.2) is 24.3 Å². The Labute approximate surface area is 134 Å². The summed E-state index contributed by atoms with van der Waals surface area (Å²) in [7, 11) is 0. The summed E-state index contributed by atoms with van der Waals surface area (Å²) in [5, 5.41) is 0. The summed E-state index contributed by atoms with van der Waals surface area (Å²) in [5.41, 5.74) is 1.36. The zero-order valence-electron chi connectivity index (χ0n) is 12.9. The Balaban J connectivity index is 2.39. The van der Waals surface area contributed by atoms with Gasteiger partial charge in [-0.3, -0.25) is 8.37 Å². The lowest BCUT2D eigenvalue weighted by Gasteiger charge is -2.19. The smallest absolute Gasteiger partial charge is 0.305 e.